The van der Waals surface area contributed by atoms with Crippen LogP contribution in [0.1, 0.15) is 44.2 Å². The molecule has 2 saturated heterocycles. The predicted molar refractivity (Wildman–Crippen MR) is 100 cm³/mol. The zero-order valence-corrected chi connectivity index (χ0v) is 16.5. The van der Waals surface area contributed by atoms with Crippen molar-refractivity contribution in [2.45, 2.75) is 64.4 Å². The van der Waals surface area contributed by atoms with Crippen LogP contribution in [-0.2, 0) is 27.4 Å². The molecule has 156 valence electrons. The van der Waals surface area contributed by atoms with Crippen molar-refractivity contribution in [1.82, 2.24) is 9.80 Å². The van der Waals surface area contributed by atoms with Gasteiger partial charge in [-0.05, 0) is 30.4 Å². The van der Waals surface area contributed by atoms with Gasteiger partial charge in [0.25, 0.3) is 0 Å². The molecular weight excluding hydrogens is 379 g/mol. The number of nitrogens with zero attached hydrogens (tertiary/aromatic N) is 2. The third-order valence-corrected chi connectivity index (χ3v) is 6.45. The van der Waals surface area contributed by atoms with Crippen LogP contribution in [0, 0.1) is 17.7 Å². The fourth-order valence-corrected chi connectivity index (χ4v) is 4.89. The second-order valence-corrected chi connectivity index (χ2v) is 8.49. The Kier molecular flexibility index (Phi) is 4.96. The van der Waals surface area contributed by atoms with Crippen LogP contribution in [0.4, 0.5) is 9.18 Å². The van der Waals surface area contributed by atoms with E-state index in [1.54, 1.807) is 12.1 Å². The quantitative estimate of drug-likeness (QED) is 0.837. The van der Waals surface area contributed by atoms with Gasteiger partial charge in [0.15, 0.2) is 0 Å². The molecule has 0 unspecified atom stereocenters. The predicted octanol–water partition coefficient (Wildman–Crippen LogP) is 2.77. The number of hydrogen-bond acceptors (Lipinski definition) is 4. The zero-order valence-electron chi connectivity index (χ0n) is 16.5. The molecule has 3 aliphatic heterocycles. The maximum Gasteiger partial charge on any atom is 0.410 e. The number of aliphatic carboxylic acids is 1. The summed E-state index contributed by atoms with van der Waals surface area (Å²) in [6, 6.07) is 3.33. The van der Waals surface area contributed by atoms with Crippen LogP contribution in [0.15, 0.2) is 18.2 Å². The topological polar surface area (TPSA) is 87.2 Å². The van der Waals surface area contributed by atoms with E-state index in [9.17, 15) is 23.9 Å². The van der Waals surface area contributed by atoms with Crippen molar-refractivity contribution in [3.05, 3.63) is 35.1 Å². The van der Waals surface area contributed by atoms with Crippen LogP contribution >= 0.6 is 0 Å². The lowest BCUT2D eigenvalue weighted by atomic mass is 9.84. The molecule has 3 aliphatic rings. The maximum atomic E-state index is 14.0. The maximum absolute atomic E-state index is 14.0. The Labute approximate surface area is 168 Å². The minimum absolute atomic E-state index is 0.0808. The molecule has 1 N–H and O–H groups in total. The minimum atomic E-state index is -1.08. The van der Waals surface area contributed by atoms with Crippen molar-refractivity contribution in [1.29, 1.82) is 0 Å². The first kappa shape index (κ1) is 19.7. The first-order valence-electron chi connectivity index (χ1n) is 10.0. The fraction of sp³-hybridized carbons (Fsp3) is 0.571. The van der Waals surface area contributed by atoms with Gasteiger partial charge >= 0.3 is 12.1 Å². The van der Waals surface area contributed by atoms with E-state index in [0.29, 0.717) is 18.4 Å². The third kappa shape index (κ3) is 3.34. The Bertz CT molecular complexity index is 857. The summed E-state index contributed by atoms with van der Waals surface area (Å²) in [5, 5.41) is 9.62. The van der Waals surface area contributed by atoms with E-state index < -0.39 is 30.3 Å². The number of carboxylic acid groups (broad SMARTS) is 1. The van der Waals surface area contributed by atoms with Crippen LogP contribution in [0.3, 0.4) is 0 Å². The number of ether oxygens (including phenoxy) is 1. The van der Waals surface area contributed by atoms with Gasteiger partial charge in [-0.3, -0.25) is 9.69 Å². The highest BCUT2D eigenvalue weighted by molar-refractivity contribution is 5.87. The van der Waals surface area contributed by atoms with Gasteiger partial charge in [-0.2, -0.15) is 0 Å². The van der Waals surface area contributed by atoms with Crippen molar-refractivity contribution in [2.24, 2.45) is 11.8 Å². The number of amides is 2. The second-order valence-electron chi connectivity index (χ2n) is 8.49. The Morgan fingerprint density at radius 1 is 1.24 bits per heavy atom. The van der Waals surface area contributed by atoms with Crippen LogP contribution in [0.5, 0.6) is 0 Å². The standard InChI is InChI=1S/C21H25FN2O5/c1-11(2)13-6-7-16-18(8-17(20(26)27)24(16)19(13)25)29-21(28)23-9-12-4-3-5-15(22)14(12)10-23/h3-5,11,13,16-18H,6-10H2,1-2H3,(H,26,27)/t13-,16-,17+,18-/m1/s1. The van der Waals surface area contributed by atoms with Crippen molar-refractivity contribution in [3.63, 3.8) is 0 Å². The molecule has 0 aliphatic carbocycles. The van der Waals surface area contributed by atoms with E-state index in [0.717, 1.165) is 5.56 Å². The highest BCUT2D eigenvalue weighted by Crippen LogP contribution is 2.39. The normalized spacial score (nSPS) is 28.5. The molecule has 1 aromatic rings. The zero-order chi connectivity index (χ0) is 20.9. The number of fused-ring (bicyclic) bond motifs is 2. The lowest BCUT2D eigenvalue weighted by Gasteiger charge is -2.39. The third-order valence-electron chi connectivity index (χ3n) is 6.45. The first-order valence-corrected chi connectivity index (χ1v) is 10.0. The van der Waals surface area contributed by atoms with E-state index >= 15 is 0 Å². The summed E-state index contributed by atoms with van der Waals surface area (Å²) in [5.41, 5.74) is 1.22. The van der Waals surface area contributed by atoms with Gasteiger partial charge in [0, 0.05) is 24.4 Å². The number of benzene rings is 1. The highest BCUT2D eigenvalue weighted by atomic mass is 19.1. The van der Waals surface area contributed by atoms with Crippen molar-refractivity contribution in [2.75, 3.05) is 0 Å². The highest BCUT2D eigenvalue weighted by Gasteiger charge is 2.53. The second kappa shape index (κ2) is 7.31. The van der Waals surface area contributed by atoms with Gasteiger partial charge in [0.1, 0.15) is 18.0 Å². The number of carbonyl (C=O) groups excluding carboxylic acids is 2. The van der Waals surface area contributed by atoms with Gasteiger partial charge in [0.2, 0.25) is 5.91 Å². The smallest absolute Gasteiger partial charge is 0.410 e. The molecule has 0 saturated carbocycles. The lowest BCUT2D eigenvalue weighted by molar-refractivity contribution is -0.155. The molecule has 29 heavy (non-hydrogen) atoms. The minimum Gasteiger partial charge on any atom is -0.480 e. The summed E-state index contributed by atoms with van der Waals surface area (Å²) in [6.45, 7) is 4.29. The van der Waals surface area contributed by atoms with E-state index in [-0.39, 0.29) is 43.1 Å². The Morgan fingerprint density at radius 2 is 2.00 bits per heavy atom. The molecule has 0 spiro atoms. The van der Waals surface area contributed by atoms with Gasteiger partial charge in [-0.15, -0.1) is 0 Å². The number of piperidine rings is 1. The molecule has 8 heteroatoms. The van der Waals surface area contributed by atoms with Gasteiger partial charge in [-0.25, -0.2) is 14.0 Å². The monoisotopic (exact) mass is 404 g/mol. The number of hydrogen-bond donors (Lipinski definition) is 1. The first-order chi connectivity index (χ1) is 13.8. The summed E-state index contributed by atoms with van der Waals surface area (Å²) in [4.78, 5) is 40.2. The molecule has 0 aromatic heterocycles. The fourth-order valence-electron chi connectivity index (χ4n) is 4.89. The van der Waals surface area contributed by atoms with E-state index in [1.807, 2.05) is 13.8 Å². The lowest BCUT2D eigenvalue weighted by Crippen LogP contribution is -2.53. The van der Waals surface area contributed by atoms with Crippen LogP contribution in [-0.4, -0.2) is 51.1 Å². The Hall–Kier alpha value is -2.64. The van der Waals surface area contributed by atoms with Gasteiger partial charge in [-0.1, -0.05) is 26.0 Å². The Balaban J connectivity index is 1.48. The molecule has 2 fully saturated rings. The van der Waals surface area contributed by atoms with E-state index in [2.05, 4.69) is 0 Å². The molecule has 7 nitrogen and oxygen atoms in total. The summed E-state index contributed by atoms with van der Waals surface area (Å²) < 4.78 is 19.6. The number of rotatable bonds is 3. The number of carboxylic acids is 1. The van der Waals surface area contributed by atoms with E-state index in [4.69, 9.17) is 4.74 Å². The van der Waals surface area contributed by atoms with Crippen LogP contribution in [0.2, 0.25) is 0 Å². The molecule has 0 bridgehead atoms. The largest absolute Gasteiger partial charge is 0.480 e. The van der Waals surface area contributed by atoms with Crippen molar-refractivity contribution >= 4 is 18.0 Å². The van der Waals surface area contributed by atoms with Gasteiger partial charge < -0.3 is 14.7 Å². The Morgan fingerprint density at radius 3 is 2.66 bits per heavy atom. The van der Waals surface area contributed by atoms with Crippen LogP contribution < -0.4 is 0 Å². The van der Waals surface area contributed by atoms with Crippen molar-refractivity contribution < 1.29 is 28.6 Å². The average molecular weight is 404 g/mol. The SMILES string of the molecule is CC(C)[C@H]1CC[C@@H]2[C@H](OC(=O)N3Cc4cccc(F)c4C3)C[C@@H](C(=O)O)N2C1=O. The molecule has 3 heterocycles. The molecule has 4 atom stereocenters. The summed E-state index contributed by atoms with van der Waals surface area (Å²) >= 11 is 0. The average Bonchev–Trinajstić information content (AvgIpc) is 3.25. The molecule has 4 rings (SSSR count). The van der Waals surface area contributed by atoms with Crippen molar-refractivity contribution in [3.8, 4) is 0 Å². The van der Waals surface area contributed by atoms with Crippen LogP contribution in [0.25, 0.3) is 0 Å². The molecule has 1 aromatic carbocycles. The number of carbonyl (C=O) groups is 3. The van der Waals surface area contributed by atoms with E-state index in [1.165, 1.54) is 15.9 Å². The summed E-state index contributed by atoms with van der Waals surface area (Å²) in [7, 11) is 0. The van der Waals surface area contributed by atoms with Gasteiger partial charge in [0.05, 0.1) is 12.6 Å². The number of halogens is 1. The molecular formula is C21H25FN2O5. The summed E-state index contributed by atoms with van der Waals surface area (Å²) in [5.74, 6) is -1.69. The molecule has 2 amide bonds. The molecule has 0 radical (unpaired) electrons. The summed E-state index contributed by atoms with van der Waals surface area (Å²) in [6.07, 6.45) is 0.0605.